The lowest BCUT2D eigenvalue weighted by Crippen LogP contribution is -2.23. The number of hydrogen-bond donors (Lipinski definition) is 2. The molecule has 0 heterocycles. The standard InChI is InChI=1S/C17H21N3O2.HI/c1-3-22-15-10-6-4-8-13(15)12-19-17(18)20-14-9-5-7-11-16(14)21-2;/h4-11H,3,12H2,1-2H3,(H3,18,19,20);1H. The van der Waals surface area contributed by atoms with Gasteiger partial charge in [0.1, 0.15) is 11.5 Å². The van der Waals surface area contributed by atoms with Crippen LogP contribution in [0.5, 0.6) is 11.5 Å². The van der Waals surface area contributed by atoms with E-state index in [1.54, 1.807) is 7.11 Å². The highest BCUT2D eigenvalue weighted by Crippen LogP contribution is 2.23. The molecule has 0 saturated carbocycles. The van der Waals surface area contributed by atoms with E-state index >= 15 is 0 Å². The van der Waals surface area contributed by atoms with Gasteiger partial charge in [0, 0.05) is 5.56 Å². The summed E-state index contributed by atoms with van der Waals surface area (Å²) in [5.74, 6) is 1.88. The summed E-state index contributed by atoms with van der Waals surface area (Å²) in [5, 5.41) is 3.05. The number of anilines is 1. The largest absolute Gasteiger partial charge is 0.495 e. The van der Waals surface area contributed by atoms with Crippen molar-refractivity contribution in [2.24, 2.45) is 10.7 Å². The molecule has 124 valence electrons. The van der Waals surface area contributed by atoms with Crippen molar-refractivity contribution in [2.45, 2.75) is 13.5 Å². The third-order valence-electron chi connectivity index (χ3n) is 3.06. The monoisotopic (exact) mass is 427 g/mol. The topological polar surface area (TPSA) is 68.9 Å². The molecule has 3 N–H and O–H groups in total. The molecule has 0 aliphatic heterocycles. The van der Waals surface area contributed by atoms with Crippen LogP contribution in [-0.4, -0.2) is 19.7 Å². The quantitative estimate of drug-likeness (QED) is 0.420. The van der Waals surface area contributed by atoms with E-state index in [0.29, 0.717) is 19.1 Å². The van der Waals surface area contributed by atoms with Crippen LogP contribution in [0, 0.1) is 0 Å². The number of rotatable bonds is 6. The van der Waals surface area contributed by atoms with Crippen molar-refractivity contribution in [2.75, 3.05) is 19.0 Å². The Labute approximate surface area is 153 Å². The molecular formula is C17H22IN3O2. The lowest BCUT2D eigenvalue weighted by Gasteiger charge is -2.11. The van der Waals surface area contributed by atoms with Crippen molar-refractivity contribution in [1.82, 2.24) is 0 Å². The molecule has 0 aliphatic carbocycles. The number of ether oxygens (including phenoxy) is 2. The lowest BCUT2D eigenvalue weighted by molar-refractivity contribution is 0.336. The molecule has 0 amide bonds. The van der Waals surface area contributed by atoms with Crippen molar-refractivity contribution in [1.29, 1.82) is 0 Å². The van der Waals surface area contributed by atoms with Crippen LogP contribution in [0.3, 0.4) is 0 Å². The summed E-state index contributed by atoms with van der Waals surface area (Å²) < 4.78 is 10.8. The van der Waals surface area contributed by atoms with Crippen molar-refractivity contribution in [3.8, 4) is 11.5 Å². The van der Waals surface area contributed by atoms with E-state index in [1.165, 1.54) is 0 Å². The highest BCUT2D eigenvalue weighted by atomic mass is 127. The SMILES string of the molecule is CCOc1ccccc1CN=C(N)Nc1ccccc1OC.I. The van der Waals surface area contributed by atoms with Gasteiger partial charge in [-0.15, -0.1) is 24.0 Å². The minimum Gasteiger partial charge on any atom is -0.495 e. The molecule has 0 atom stereocenters. The second kappa shape index (κ2) is 9.94. The number of guanidine groups is 1. The molecular weight excluding hydrogens is 405 g/mol. The zero-order valence-corrected chi connectivity index (χ0v) is 15.6. The summed E-state index contributed by atoms with van der Waals surface area (Å²) in [7, 11) is 1.62. The van der Waals surface area contributed by atoms with E-state index in [-0.39, 0.29) is 24.0 Å². The molecule has 0 radical (unpaired) electrons. The van der Waals surface area contributed by atoms with Crippen LogP contribution in [0.25, 0.3) is 0 Å². The number of nitrogens with zero attached hydrogens (tertiary/aromatic N) is 1. The van der Waals surface area contributed by atoms with Gasteiger partial charge in [0.25, 0.3) is 0 Å². The Balaban J connectivity index is 0.00000264. The Morgan fingerprint density at radius 1 is 1.09 bits per heavy atom. The van der Waals surface area contributed by atoms with E-state index < -0.39 is 0 Å². The number of para-hydroxylation sites is 3. The molecule has 23 heavy (non-hydrogen) atoms. The Bertz CT molecular complexity index is 647. The van der Waals surface area contributed by atoms with Gasteiger partial charge in [0.05, 0.1) is 25.9 Å². The van der Waals surface area contributed by atoms with Gasteiger partial charge in [-0.1, -0.05) is 30.3 Å². The molecule has 0 aromatic heterocycles. The third kappa shape index (κ3) is 5.63. The molecule has 0 unspecified atom stereocenters. The zero-order valence-electron chi connectivity index (χ0n) is 13.3. The Morgan fingerprint density at radius 2 is 1.74 bits per heavy atom. The molecule has 0 saturated heterocycles. The maximum absolute atomic E-state index is 5.94. The third-order valence-corrected chi connectivity index (χ3v) is 3.06. The van der Waals surface area contributed by atoms with Gasteiger partial charge in [-0.25, -0.2) is 4.99 Å². The molecule has 2 aromatic carbocycles. The van der Waals surface area contributed by atoms with Gasteiger partial charge in [-0.2, -0.15) is 0 Å². The van der Waals surface area contributed by atoms with E-state index in [0.717, 1.165) is 22.7 Å². The van der Waals surface area contributed by atoms with Crippen LogP contribution in [0.4, 0.5) is 5.69 Å². The first-order valence-corrected chi connectivity index (χ1v) is 7.15. The van der Waals surface area contributed by atoms with E-state index in [4.69, 9.17) is 15.2 Å². The minimum absolute atomic E-state index is 0. The first-order chi connectivity index (χ1) is 10.7. The fourth-order valence-corrected chi connectivity index (χ4v) is 2.03. The molecule has 2 aromatic rings. The molecule has 0 aliphatic rings. The van der Waals surface area contributed by atoms with Crippen molar-refractivity contribution < 1.29 is 9.47 Å². The molecule has 2 rings (SSSR count). The fraction of sp³-hybridized carbons (Fsp3) is 0.235. The summed E-state index contributed by atoms with van der Waals surface area (Å²) in [5.41, 5.74) is 7.72. The van der Waals surface area contributed by atoms with Gasteiger partial charge >= 0.3 is 0 Å². The van der Waals surface area contributed by atoms with Crippen LogP contribution < -0.4 is 20.5 Å². The van der Waals surface area contributed by atoms with Crippen LogP contribution in [-0.2, 0) is 6.54 Å². The summed E-state index contributed by atoms with van der Waals surface area (Å²) in [6, 6.07) is 15.3. The minimum atomic E-state index is 0. The highest BCUT2D eigenvalue weighted by Gasteiger charge is 2.04. The number of hydrogen-bond acceptors (Lipinski definition) is 3. The Morgan fingerprint density at radius 3 is 2.43 bits per heavy atom. The zero-order chi connectivity index (χ0) is 15.8. The van der Waals surface area contributed by atoms with E-state index in [1.807, 2.05) is 55.5 Å². The first-order valence-electron chi connectivity index (χ1n) is 7.15. The normalized spacial score (nSPS) is 10.6. The Hall–Kier alpha value is -1.96. The summed E-state index contributed by atoms with van der Waals surface area (Å²) >= 11 is 0. The predicted octanol–water partition coefficient (Wildman–Crippen LogP) is 3.64. The molecule has 0 bridgehead atoms. The number of benzene rings is 2. The fourth-order valence-electron chi connectivity index (χ4n) is 2.03. The van der Waals surface area contributed by atoms with Gasteiger partial charge in [0.15, 0.2) is 5.96 Å². The maximum atomic E-state index is 5.94. The van der Waals surface area contributed by atoms with Gasteiger partial charge in [-0.05, 0) is 25.1 Å². The van der Waals surface area contributed by atoms with Crippen LogP contribution in [0.15, 0.2) is 53.5 Å². The highest BCUT2D eigenvalue weighted by molar-refractivity contribution is 14.0. The molecule has 0 spiro atoms. The average Bonchev–Trinajstić information content (AvgIpc) is 2.55. The van der Waals surface area contributed by atoms with Crippen LogP contribution in [0.1, 0.15) is 12.5 Å². The van der Waals surface area contributed by atoms with Crippen molar-refractivity contribution >= 4 is 35.6 Å². The number of halogens is 1. The second-order valence-corrected chi connectivity index (χ2v) is 4.57. The van der Waals surface area contributed by atoms with E-state index in [9.17, 15) is 0 Å². The first kappa shape index (κ1) is 19.1. The number of nitrogens with two attached hydrogens (primary N) is 1. The molecule has 0 fully saturated rings. The number of nitrogens with one attached hydrogen (secondary N) is 1. The van der Waals surface area contributed by atoms with Gasteiger partial charge < -0.3 is 20.5 Å². The second-order valence-electron chi connectivity index (χ2n) is 4.57. The summed E-state index contributed by atoms with van der Waals surface area (Å²) in [4.78, 5) is 4.36. The number of aliphatic imine (C=N–C) groups is 1. The Kier molecular flexibility index (Phi) is 8.25. The van der Waals surface area contributed by atoms with Crippen LogP contribution >= 0.6 is 24.0 Å². The van der Waals surface area contributed by atoms with E-state index in [2.05, 4.69) is 10.3 Å². The van der Waals surface area contributed by atoms with Crippen molar-refractivity contribution in [3.63, 3.8) is 0 Å². The summed E-state index contributed by atoms with van der Waals surface area (Å²) in [6.45, 7) is 3.03. The van der Waals surface area contributed by atoms with Gasteiger partial charge in [-0.3, -0.25) is 0 Å². The maximum Gasteiger partial charge on any atom is 0.193 e. The predicted molar refractivity (Wildman–Crippen MR) is 105 cm³/mol. The van der Waals surface area contributed by atoms with Gasteiger partial charge in [0.2, 0.25) is 0 Å². The van der Waals surface area contributed by atoms with Crippen molar-refractivity contribution in [3.05, 3.63) is 54.1 Å². The number of methoxy groups -OCH3 is 1. The molecule has 5 nitrogen and oxygen atoms in total. The summed E-state index contributed by atoms with van der Waals surface area (Å²) in [6.07, 6.45) is 0. The van der Waals surface area contributed by atoms with Crippen LogP contribution in [0.2, 0.25) is 0 Å². The smallest absolute Gasteiger partial charge is 0.193 e. The average molecular weight is 427 g/mol. The molecule has 6 heteroatoms. The lowest BCUT2D eigenvalue weighted by atomic mass is 10.2.